The maximum absolute atomic E-state index is 13.5. The van der Waals surface area contributed by atoms with Gasteiger partial charge in [-0.25, -0.2) is 0 Å². The number of carbonyl (C=O) groups excluding carboxylic acids is 1. The minimum atomic E-state index is 0.0575. The zero-order valence-electron chi connectivity index (χ0n) is 16.5. The summed E-state index contributed by atoms with van der Waals surface area (Å²) in [6.45, 7) is 6.31. The van der Waals surface area contributed by atoms with Gasteiger partial charge < -0.3 is 0 Å². The van der Waals surface area contributed by atoms with Crippen molar-refractivity contribution in [1.29, 1.82) is 0 Å². The molecule has 2 heterocycles. The summed E-state index contributed by atoms with van der Waals surface area (Å²) in [5.74, 6) is 0.996. The smallest absolute Gasteiger partial charge is 0.157 e. The average Bonchev–Trinajstić information content (AvgIpc) is 2.73. The number of benzene rings is 1. The van der Waals surface area contributed by atoms with Crippen molar-refractivity contribution in [2.45, 2.75) is 70.4 Å². The van der Waals surface area contributed by atoms with E-state index >= 15 is 0 Å². The second kappa shape index (κ2) is 7.93. The standard InChI is InChI=1S/C24H30N2O/c1-3-17(2)19-9-4-5-10-20(19)21-11-6-12-23(24(21)27)26-15-13-22-18(16-26)8-7-14-25-22/h4-5,7-10,14,17,21,23H,3,6,11-13,15-16H2,1-2H3. The molecule has 27 heavy (non-hydrogen) atoms. The molecule has 2 aromatic rings. The summed E-state index contributed by atoms with van der Waals surface area (Å²) in [5.41, 5.74) is 5.14. The van der Waals surface area contributed by atoms with Crippen LogP contribution in [-0.4, -0.2) is 28.3 Å². The Labute approximate surface area is 162 Å². The van der Waals surface area contributed by atoms with Crippen molar-refractivity contribution >= 4 is 5.78 Å². The van der Waals surface area contributed by atoms with E-state index in [1.807, 2.05) is 12.3 Å². The first-order valence-electron chi connectivity index (χ1n) is 10.5. The van der Waals surface area contributed by atoms with Crippen molar-refractivity contribution in [3.05, 3.63) is 65.0 Å². The number of Topliss-reactive ketones (excluding diaryl/α,β-unsaturated/α-hetero) is 1. The van der Waals surface area contributed by atoms with E-state index < -0.39 is 0 Å². The Morgan fingerprint density at radius 2 is 2.04 bits per heavy atom. The van der Waals surface area contributed by atoms with Crippen LogP contribution in [0.2, 0.25) is 0 Å². The molecule has 0 saturated heterocycles. The third kappa shape index (κ3) is 3.58. The van der Waals surface area contributed by atoms with Gasteiger partial charge in [-0.05, 0) is 47.9 Å². The molecule has 1 aromatic heterocycles. The van der Waals surface area contributed by atoms with Crippen LogP contribution in [0.5, 0.6) is 0 Å². The highest BCUT2D eigenvalue weighted by atomic mass is 16.1. The van der Waals surface area contributed by atoms with Gasteiger partial charge in [-0.2, -0.15) is 0 Å². The molecule has 0 bridgehead atoms. The molecular formula is C24H30N2O. The van der Waals surface area contributed by atoms with Crippen LogP contribution in [0.15, 0.2) is 42.6 Å². The largest absolute Gasteiger partial charge is 0.297 e. The Balaban J connectivity index is 1.58. The van der Waals surface area contributed by atoms with Gasteiger partial charge in [0.1, 0.15) is 0 Å². The molecule has 2 aliphatic rings. The molecule has 0 radical (unpaired) electrons. The van der Waals surface area contributed by atoms with Gasteiger partial charge in [-0.3, -0.25) is 14.7 Å². The summed E-state index contributed by atoms with van der Waals surface area (Å²) in [6, 6.07) is 12.9. The van der Waals surface area contributed by atoms with E-state index in [2.05, 4.69) is 54.1 Å². The molecule has 0 N–H and O–H groups in total. The number of rotatable bonds is 4. The zero-order valence-corrected chi connectivity index (χ0v) is 16.5. The van der Waals surface area contributed by atoms with Gasteiger partial charge >= 0.3 is 0 Å². The number of ketones is 1. The second-order valence-electron chi connectivity index (χ2n) is 8.17. The first-order valence-corrected chi connectivity index (χ1v) is 10.5. The minimum absolute atomic E-state index is 0.0575. The van der Waals surface area contributed by atoms with E-state index in [-0.39, 0.29) is 12.0 Å². The number of hydrogen-bond acceptors (Lipinski definition) is 3. The molecule has 4 rings (SSSR count). The van der Waals surface area contributed by atoms with Gasteiger partial charge in [0, 0.05) is 37.3 Å². The Morgan fingerprint density at radius 3 is 2.89 bits per heavy atom. The fourth-order valence-corrected chi connectivity index (χ4v) is 4.85. The van der Waals surface area contributed by atoms with Crippen LogP contribution in [-0.2, 0) is 17.8 Å². The summed E-state index contributed by atoms with van der Waals surface area (Å²) in [6.07, 6.45) is 7.06. The lowest BCUT2D eigenvalue weighted by molar-refractivity contribution is -0.128. The zero-order chi connectivity index (χ0) is 18.8. The van der Waals surface area contributed by atoms with Gasteiger partial charge in [0.2, 0.25) is 0 Å². The highest BCUT2D eigenvalue weighted by molar-refractivity contribution is 5.91. The average molecular weight is 363 g/mol. The van der Waals surface area contributed by atoms with Gasteiger partial charge in [0.15, 0.2) is 5.78 Å². The molecule has 0 amide bonds. The molecule has 1 aromatic carbocycles. The molecule has 0 spiro atoms. The Morgan fingerprint density at radius 1 is 1.19 bits per heavy atom. The monoisotopic (exact) mass is 362 g/mol. The molecule has 3 heteroatoms. The normalized spacial score (nSPS) is 24.4. The number of hydrogen-bond donors (Lipinski definition) is 0. The van der Waals surface area contributed by atoms with Gasteiger partial charge in [-0.1, -0.05) is 50.6 Å². The van der Waals surface area contributed by atoms with Crippen molar-refractivity contribution in [3.63, 3.8) is 0 Å². The quantitative estimate of drug-likeness (QED) is 0.779. The van der Waals surface area contributed by atoms with Crippen molar-refractivity contribution in [2.75, 3.05) is 6.54 Å². The van der Waals surface area contributed by atoms with E-state index in [0.717, 1.165) is 45.2 Å². The molecular weight excluding hydrogens is 332 g/mol. The highest BCUT2D eigenvalue weighted by Gasteiger charge is 2.37. The number of carbonyl (C=O) groups is 1. The molecule has 3 atom stereocenters. The molecule has 142 valence electrons. The van der Waals surface area contributed by atoms with Crippen LogP contribution in [0.3, 0.4) is 0 Å². The lowest BCUT2D eigenvalue weighted by Gasteiger charge is -2.39. The SMILES string of the molecule is CCC(C)c1ccccc1C1CCCC(N2CCc3ncccc3C2)C1=O. The lowest BCUT2D eigenvalue weighted by atomic mass is 9.76. The summed E-state index contributed by atoms with van der Waals surface area (Å²) in [7, 11) is 0. The third-order valence-corrected chi connectivity index (χ3v) is 6.59. The fourth-order valence-electron chi connectivity index (χ4n) is 4.85. The van der Waals surface area contributed by atoms with Gasteiger partial charge in [-0.15, -0.1) is 0 Å². The van der Waals surface area contributed by atoms with Crippen molar-refractivity contribution in [2.24, 2.45) is 0 Å². The van der Waals surface area contributed by atoms with Crippen molar-refractivity contribution in [1.82, 2.24) is 9.88 Å². The minimum Gasteiger partial charge on any atom is -0.297 e. The topological polar surface area (TPSA) is 33.2 Å². The summed E-state index contributed by atoms with van der Waals surface area (Å²) < 4.78 is 0. The van der Waals surface area contributed by atoms with Crippen LogP contribution in [0.25, 0.3) is 0 Å². The number of pyridine rings is 1. The summed E-state index contributed by atoms with van der Waals surface area (Å²) in [5, 5.41) is 0. The molecule has 1 aliphatic carbocycles. The maximum Gasteiger partial charge on any atom is 0.157 e. The maximum atomic E-state index is 13.5. The summed E-state index contributed by atoms with van der Waals surface area (Å²) >= 11 is 0. The van der Waals surface area contributed by atoms with E-state index in [1.54, 1.807) is 0 Å². The van der Waals surface area contributed by atoms with E-state index in [9.17, 15) is 4.79 Å². The summed E-state index contributed by atoms with van der Waals surface area (Å²) in [4.78, 5) is 20.5. The van der Waals surface area contributed by atoms with Gasteiger partial charge in [0.25, 0.3) is 0 Å². The number of fused-ring (bicyclic) bond motifs is 1. The van der Waals surface area contributed by atoms with Crippen LogP contribution < -0.4 is 0 Å². The molecule has 1 aliphatic heterocycles. The lowest BCUT2D eigenvalue weighted by Crippen LogP contribution is -2.47. The fraction of sp³-hybridized carbons (Fsp3) is 0.500. The second-order valence-corrected chi connectivity index (χ2v) is 8.17. The van der Waals surface area contributed by atoms with E-state index in [1.165, 1.54) is 22.4 Å². The number of aromatic nitrogens is 1. The van der Waals surface area contributed by atoms with Crippen LogP contribution in [0.1, 0.15) is 73.8 Å². The Bertz CT molecular complexity index is 816. The highest BCUT2D eigenvalue weighted by Crippen LogP contribution is 2.37. The van der Waals surface area contributed by atoms with Crippen LogP contribution >= 0.6 is 0 Å². The first kappa shape index (κ1) is 18.4. The van der Waals surface area contributed by atoms with E-state index in [4.69, 9.17) is 0 Å². The first-order chi connectivity index (χ1) is 13.2. The Kier molecular flexibility index (Phi) is 5.40. The molecule has 1 fully saturated rings. The van der Waals surface area contributed by atoms with Gasteiger partial charge in [0.05, 0.1) is 6.04 Å². The van der Waals surface area contributed by atoms with Crippen LogP contribution in [0, 0.1) is 0 Å². The number of nitrogens with zero attached hydrogens (tertiary/aromatic N) is 2. The van der Waals surface area contributed by atoms with Crippen molar-refractivity contribution in [3.8, 4) is 0 Å². The molecule has 3 unspecified atom stereocenters. The van der Waals surface area contributed by atoms with E-state index in [0.29, 0.717) is 11.7 Å². The van der Waals surface area contributed by atoms with Crippen molar-refractivity contribution < 1.29 is 4.79 Å². The molecule has 1 saturated carbocycles. The predicted octanol–water partition coefficient (Wildman–Crippen LogP) is 4.86. The van der Waals surface area contributed by atoms with Crippen LogP contribution in [0.4, 0.5) is 0 Å². The third-order valence-electron chi connectivity index (χ3n) is 6.59. The Hall–Kier alpha value is -2.00. The molecule has 3 nitrogen and oxygen atoms in total. The predicted molar refractivity (Wildman–Crippen MR) is 109 cm³/mol.